The van der Waals surface area contributed by atoms with Gasteiger partial charge in [-0.1, -0.05) is 12.1 Å². The van der Waals surface area contributed by atoms with Crippen molar-refractivity contribution >= 4 is 21.7 Å². The maximum atomic E-state index is 13.3. The van der Waals surface area contributed by atoms with Gasteiger partial charge in [0.15, 0.2) is 5.60 Å². The van der Waals surface area contributed by atoms with Crippen LogP contribution >= 0.6 is 0 Å². The second-order valence-corrected chi connectivity index (χ2v) is 9.27. The first-order valence-electron chi connectivity index (χ1n) is 9.19. The predicted octanol–water partition coefficient (Wildman–Crippen LogP) is 3.58. The molecule has 0 fully saturated rings. The Morgan fingerprint density at radius 1 is 1.16 bits per heavy atom. The zero-order valence-electron chi connectivity index (χ0n) is 16.2. The minimum atomic E-state index is -4.96. The molecule has 168 valence electrons. The van der Waals surface area contributed by atoms with Gasteiger partial charge in [0.25, 0.3) is 10.0 Å². The van der Waals surface area contributed by atoms with Gasteiger partial charge in [0, 0.05) is 0 Å². The van der Waals surface area contributed by atoms with Crippen LogP contribution in [-0.4, -0.2) is 36.8 Å². The molecule has 6 nitrogen and oxygen atoms in total. The molecule has 0 radical (unpaired) electrons. The molecule has 3 rings (SSSR count). The smallest absolute Gasteiger partial charge is 0.421 e. The molecule has 1 aliphatic rings. The minimum Gasteiger partial charge on any atom is -0.481 e. The lowest BCUT2D eigenvalue weighted by Crippen LogP contribution is -2.45. The van der Waals surface area contributed by atoms with E-state index < -0.39 is 51.6 Å². The quantitative estimate of drug-likeness (QED) is 0.664. The Morgan fingerprint density at radius 2 is 1.77 bits per heavy atom. The third kappa shape index (κ3) is 4.24. The molecule has 0 saturated carbocycles. The van der Waals surface area contributed by atoms with Crippen molar-refractivity contribution in [2.75, 3.05) is 4.31 Å². The lowest BCUT2D eigenvalue weighted by molar-refractivity contribution is -0.258. The number of halogens is 4. The van der Waals surface area contributed by atoms with Crippen LogP contribution in [0.5, 0.6) is 0 Å². The van der Waals surface area contributed by atoms with Crippen molar-refractivity contribution in [1.29, 1.82) is 0 Å². The molecule has 0 aromatic heterocycles. The Morgan fingerprint density at radius 3 is 2.32 bits per heavy atom. The third-order valence-corrected chi connectivity index (χ3v) is 7.17. The highest BCUT2D eigenvalue weighted by atomic mass is 32.2. The van der Waals surface area contributed by atoms with Crippen LogP contribution in [0.15, 0.2) is 47.4 Å². The van der Waals surface area contributed by atoms with E-state index in [0.717, 1.165) is 46.8 Å². The van der Waals surface area contributed by atoms with Crippen molar-refractivity contribution in [3.05, 3.63) is 59.4 Å². The average Bonchev–Trinajstić information content (AvgIpc) is 2.66. The van der Waals surface area contributed by atoms with Gasteiger partial charge in [-0.15, -0.1) is 0 Å². The first-order chi connectivity index (χ1) is 14.2. The summed E-state index contributed by atoms with van der Waals surface area (Å²) in [6, 6.07) is 6.10. The molecule has 2 aromatic carbocycles. The molecule has 0 aliphatic carbocycles. The molecule has 2 N–H and O–H groups in total. The summed E-state index contributed by atoms with van der Waals surface area (Å²) in [6.45, 7) is 0.595. The Labute approximate surface area is 175 Å². The number of benzene rings is 2. The van der Waals surface area contributed by atoms with E-state index in [1.165, 1.54) is 0 Å². The number of anilines is 1. The summed E-state index contributed by atoms with van der Waals surface area (Å²) in [7, 11) is -4.35. The first kappa shape index (κ1) is 23.0. The van der Waals surface area contributed by atoms with Gasteiger partial charge in [0.1, 0.15) is 5.82 Å². The minimum absolute atomic E-state index is 0.0172. The second-order valence-electron chi connectivity index (χ2n) is 7.46. The number of rotatable bonds is 5. The van der Waals surface area contributed by atoms with Crippen molar-refractivity contribution in [3.8, 4) is 0 Å². The van der Waals surface area contributed by atoms with Gasteiger partial charge in [-0.3, -0.25) is 9.10 Å². The van der Waals surface area contributed by atoms with Gasteiger partial charge < -0.3 is 10.2 Å². The molecule has 0 spiro atoms. The van der Waals surface area contributed by atoms with Crippen molar-refractivity contribution in [3.63, 3.8) is 0 Å². The van der Waals surface area contributed by atoms with Gasteiger partial charge in [0.2, 0.25) is 0 Å². The zero-order chi connectivity index (χ0) is 23.2. The van der Waals surface area contributed by atoms with E-state index >= 15 is 0 Å². The van der Waals surface area contributed by atoms with E-state index in [0.29, 0.717) is 6.92 Å². The Kier molecular flexibility index (Phi) is 5.78. The number of carbonyl (C=O) groups is 1. The van der Waals surface area contributed by atoms with Crippen molar-refractivity contribution in [1.82, 2.24) is 0 Å². The van der Waals surface area contributed by atoms with Crippen LogP contribution in [0, 0.1) is 5.82 Å². The first-order valence-corrected chi connectivity index (χ1v) is 10.6. The van der Waals surface area contributed by atoms with E-state index in [2.05, 4.69) is 0 Å². The van der Waals surface area contributed by atoms with Crippen LogP contribution in [0.4, 0.5) is 23.2 Å². The monoisotopic (exact) mass is 461 g/mol. The summed E-state index contributed by atoms with van der Waals surface area (Å²) in [5, 5.41) is 19.2. The van der Waals surface area contributed by atoms with Gasteiger partial charge >= 0.3 is 12.1 Å². The highest BCUT2D eigenvalue weighted by Crippen LogP contribution is 2.42. The number of carboxylic acids is 1. The van der Waals surface area contributed by atoms with E-state index in [1.807, 2.05) is 0 Å². The Hall–Kier alpha value is -2.66. The predicted molar refractivity (Wildman–Crippen MR) is 102 cm³/mol. The number of alkyl halides is 3. The SMILES string of the molecule is CC(O)(c1ccc2c(c1)CC[C@H](CC(=O)O)N2S(=O)(=O)c1ccc(F)cc1)C(F)(F)F. The van der Waals surface area contributed by atoms with Gasteiger partial charge in [-0.2, -0.15) is 13.2 Å². The van der Waals surface area contributed by atoms with Crippen LogP contribution in [0.2, 0.25) is 0 Å². The molecule has 31 heavy (non-hydrogen) atoms. The van der Waals surface area contributed by atoms with Crippen LogP contribution in [0.25, 0.3) is 0 Å². The third-order valence-electron chi connectivity index (χ3n) is 5.29. The van der Waals surface area contributed by atoms with Gasteiger partial charge in [-0.25, -0.2) is 12.8 Å². The van der Waals surface area contributed by atoms with Crippen LogP contribution in [-0.2, 0) is 26.8 Å². The summed E-state index contributed by atoms with van der Waals surface area (Å²) < 4.78 is 80.3. The number of aliphatic carboxylic acids is 1. The number of sulfonamides is 1. The average molecular weight is 461 g/mol. The lowest BCUT2D eigenvalue weighted by Gasteiger charge is -2.38. The Balaban J connectivity index is 2.14. The van der Waals surface area contributed by atoms with E-state index in [9.17, 15) is 41.0 Å². The van der Waals surface area contributed by atoms with E-state index in [4.69, 9.17) is 0 Å². The van der Waals surface area contributed by atoms with Crippen LogP contribution < -0.4 is 4.31 Å². The van der Waals surface area contributed by atoms with Gasteiger partial charge in [-0.05, 0) is 61.2 Å². The van der Waals surface area contributed by atoms with Crippen molar-refractivity contribution in [2.24, 2.45) is 0 Å². The highest BCUT2D eigenvalue weighted by Gasteiger charge is 2.51. The fourth-order valence-electron chi connectivity index (χ4n) is 3.54. The number of aryl methyl sites for hydroxylation is 1. The Bertz CT molecular complexity index is 1100. The lowest BCUT2D eigenvalue weighted by atomic mass is 9.89. The zero-order valence-corrected chi connectivity index (χ0v) is 17.0. The molecule has 0 bridgehead atoms. The number of hydrogen-bond acceptors (Lipinski definition) is 4. The van der Waals surface area contributed by atoms with E-state index in [1.54, 1.807) is 0 Å². The molecular formula is C20H19F4NO5S. The highest BCUT2D eigenvalue weighted by molar-refractivity contribution is 7.92. The topological polar surface area (TPSA) is 94.9 Å². The standard InChI is InChI=1S/C20H19F4NO5S/c1-19(28,20(22,23)24)13-3-9-17-12(10-13)2-6-15(11-18(26)27)25(17)31(29,30)16-7-4-14(21)5-8-16/h3-5,7-10,15,28H,2,6,11H2,1H3,(H,26,27)/t15-,19?/m1/s1. The second kappa shape index (κ2) is 7.79. The maximum absolute atomic E-state index is 13.3. The van der Waals surface area contributed by atoms with Crippen LogP contribution in [0.3, 0.4) is 0 Å². The number of carboxylic acid groups (broad SMARTS) is 1. The number of hydrogen-bond donors (Lipinski definition) is 2. The van der Waals surface area contributed by atoms with E-state index in [-0.39, 0.29) is 29.0 Å². The molecule has 2 aromatic rings. The van der Waals surface area contributed by atoms with Gasteiger partial charge in [0.05, 0.1) is 23.0 Å². The van der Waals surface area contributed by atoms with Crippen molar-refractivity contribution in [2.45, 2.75) is 48.9 Å². The fraction of sp³-hybridized carbons (Fsp3) is 0.350. The van der Waals surface area contributed by atoms with Crippen LogP contribution in [0.1, 0.15) is 30.9 Å². The summed E-state index contributed by atoms with van der Waals surface area (Å²) in [6.07, 6.45) is -5.33. The number of nitrogens with zero attached hydrogens (tertiary/aromatic N) is 1. The summed E-state index contributed by atoms with van der Waals surface area (Å²) in [5.41, 5.74) is -3.38. The van der Waals surface area contributed by atoms with Crippen molar-refractivity contribution < 1.29 is 41.0 Å². The molecule has 11 heteroatoms. The molecule has 1 unspecified atom stereocenters. The molecule has 1 aliphatic heterocycles. The maximum Gasteiger partial charge on any atom is 0.421 e. The summed E-state index contributed by atoms with van der Waals surface area (Å²) in [4.78, 5) is 11.0. The normalized spacial score (nSPS) is 18.9. The molecular weight excluding hydrogens is 442 g/mol. The molecule has 0 amide bonds. The summed E-state index contributed by atoms with van der Waals surface area (Å²) in [5.74, 6) is -1.91. The molecule has 2 atom stereocenters. The fourth-order valence-corrected chi connectivity index (χ4v) is 5.25. The number of fused-ring (bicyclic) bond motifs is 1. The molecule has 1 heterocycles. The summed E-state index contributed by atoms with van der Waals surface area (Å²) >= 11 is 0. The largest absolute Gasteiger partial charge is 0.481 e. The molecule has 0 saturated heterocycles. The number of aliphatic hydroxyl groups is 1.